The first-order valence-corrected chi connectivity index (χ1v) is 19.2. The van der Waals surface area contributed by atoms with Crippen LogP contribution in [0, 0.1) is 10.1 Å². The van der Waals surface area contributed by atoms with E-state index >= 15 is 0 Å². The van der Waals surface area contributed by atoms with Crippen LogP contribution in [0.25, 0.3) is 66.1 Å². The topological polar surface area (TPSA) is 217 Å². The van der Waals surface area contributed by atoms with Crippen LogP contribution in [0.4, 0.5) is 5.69 Å². The minimum atomic E-state index is -1.11. The standard InChI is InChI=1S/C17H15N3O4.C17H16N2O2.C14H11N/c18-13(17(21)22)8-11-9-19-16-14(20(23)24)7-6-12(15(11)16)10-4-2-1-3-5-10;18-14(17(20)21)9-12-10-19-15-8-4-7-13(16(12)15)11-5-2-1-3-6-11;1-2-5-11(6-3-1)12-7-4-8-14-13(12)9-10-15-14/h1-7,9,13,19H,8,18H2,(H,21,22);1-8,10,14,19H,9,18H2,(H,20,21);1-10,15H/t13-;14-;/m00./s1. The fourth-order valence-electron chi connectivity index (χ4n) is 7.35. The smallest absolute Gasteiger partial charge is 0.320 e. The van der Waals surface area contributed by atoms with E-state index in [2.05, 4.69) is 63.5 Å². The third kappa shape index (κ3) is 8.85. The van der Waals surface area contributed by atoms with E-state index in [1.54, 1.807) is 12.3 Å². The first-order valence-electron chi connectivity index (χ1n) is 19.2. The summed E-state index contributed by atoms with van der Waals surface area (Å²) in [4.78, 5) is 42.2. The zero-order valence-corrected chi connectivity index (χ0v) is 32.3. The molecule has 60 heavy (non-hydrogen) atoms. The maximum absolute atomic E-state index is 11.3. The van der Waals surface area contributed by atoms with Crippen molar-refractivity contribution in [2.45, 2.75) is 24.9 Å². The van der Waals surface area contributed by atoms with Gasteiger partial charge in [0.1, 0.15) is 17.6 Å². The quantitative estimate of drug-likeness (QED) is 0.0521. The van der Waals surface area contributed by atoms with Crippen LogP contribution in [0.2, 0.25) is 0 Å². The molecule has 0 aliphatic heterocycles. The van der Waals surface area contributed by atoms with Crippen molar-refractivity contribution in [1.29, 1.82) is 0 Å². The largest absolute Gasteiger partial charge is 0.480 e. The van der Waals surface area contributed by atoms with Crippen molar-refractivity contribution in [1.82, 2.24) is 15.0 Å². The van der Waals surface area contributed by atoms with Gasteiger partial charge in [-0.1, -0.05) is 115 Å². The van der Waals surface area contributed by atoms with E-state index < -0.39 is 28.9 Å². The van der Waals surface area contributed by atoms with Crippen molar-refractivity contribution in [3.05, 3.63) is 185 Å². The number of non-ortho nitro benzene ring substituents is 1. The third-order valence-electron chi connectivity index (χ3n) is 10.2. The summed E-state index contributed by atoms with van der Waals surface area (Å²) in [5.74, 6) is -2.10. The molecule has 0 aliphatic rings. The van der Waals surface area contributed by atoms with E-state index in [0.717, 1.165) is 38.7 Å². The van der Waals surface area contributed by atoms with Crippen LogP contribution in [-0.4, -0.2) is 54.1 Å². The van der Waals surface area contributed by atoms with Gasteiger partial charge < -0.3 is 36.6 Å². The van der Waals surface area contributed by atoms with Gasteiger partial charge in [-0.15, -0.1) is 0 Å². The normalized spacial score (nSPS) is 11.9. The molecule has 9 aromatic rings. The fraction of sp³-hybridized carbons (Fsp3) is 0.0833. The summed E-state index contributed by atoms with van der Waals surface area (Å²) in [5, 5.41) is 32.3. The maximum atomic E-state index is 11.3. The summed E-state index contributed by atoms with van der Waals surface area (Å²) < 4.78 is 0. The number of fused-ring (bicyclic) bond motifs is 3. The maximum Gasteiger partial charge on any atom is 0.320 e. The molecule has 0 unspecified atom stereocenters. The summed E-state index contributed by atoms with van der Waals surface area (Å²) in [6, 6.07) is 45.6. The Bertz CT molecular complexity index is 2900. The number of benzene rings is 6. The Morgan fingerprint density at radius 2 is 1.03 bits per heavy atom. The Morgan fingerprint density at radius 1 is 0.550 bits per heavy atom. The molecule has 3 aromatic heterocycles. The number of aromatic amines is 3. The first kappa shape index (κ1) is 40.4. The Kier molecular flexibility index (Phi) is 12.3. The zero-order valence-electron chi connectivity index (χ0n) is 32.3. The SMILES string of the molecule is N[C@@H](Cc1c[nH]c2c([N+](=O)[O-])ccc(-c3ccccc3)c12)C(=O)O.N[C@@H](Cc1c[nH]c2cccc(-c3ccccc3)c12)C(=O)O.c1ccc(-c2cccc3[nH]ccc23)cc1. The van der Waals surface area contributed by atoms with Crippen molar-refractivity contribution >= 4 is 50.3 Å². The number of hydrogen-bond acceptors (Lipinski definition) is 6. The lowest BCUT2D eigenvalue weighted by Crippen LogP contribution is -2.32. The Morgan fingerprint density at radius 3 is 1.58 bits per heavy atom. The van der Waals surface area contributed by atoms with E-state index in [9.17, 15) is 19.7 Å². The lowest BCUT2D eigenvalue weighted by atomic mass is 9.96. The second kappa shape index (κ2) is 18.2. The molecule has 0 aliphatic carbocycles. The van der Waals surface area contributed by atoms with Crippen LogP contribution in [0.15, 0.2) is 164 Å². The second-order valence-electron chi connectivity index (χ2n) is 14.1. The van der Waals surface area contributed by atoms with Gasteiger partial charge in [0.05, 0.1) is 4.92 Å². The van der Waals surface area contributed by atoms with Gasteiger partial charge >= 0.3 is 11.9 Å². The Hall–Kier alpha value is -7.80. The van der Waals surface area contributed by atoms with Crippen LogP contribution < -0.4 is 11.5 Å². The molecule has 9 rings (SSSR count). The number of nitro groups is 1. The molecule has 9 N–H and O–H groups in total. The number of carboxylic acid groups (broad SMARTS) is 2. The molecule has 12 heteroatoms. The predicted molar refractivity (Wildman–Crippen MR) is 236 cm³/mol. The van der Waals surface area contributed by atoms with Crippen LogP contribution in [-0.2, 0) is 22.4 Å². The molecule has 300 valence electrons. The number of nitrogens with two attached hydrogens (primary N) is 2. The molecular weight excluding hydrogens is 757 g/mol. The second-order valence-corrected chi connectivity index (χ2v) is 14.1. The van der Waals surface area contributed by atoms with Gasteiger partial charge in [-0.2, -0.15) is 0 Å². The molecule has 2 atom stereocenters. The minimum absolute atomic E-state index is 0.0557. The molecule has 3 heterocycles. The summed E-state index contributed by atoms with van der Waals surface area (Å²) in [6.45, 7) is 0. The number of nitrogens with one attached hydrogen (secondary N) is 3. The third-order valence-corrected chi connectivity index (χ3v) is 10.2. The summed E-state index contributed by atoms with van der Waals surface area (Å²) in [7, 11) is 0. The van der Waals surface area contributed by atoms with Crippen LogP contribution >= 0.6 is 0 Å². The summed E-state index contributed by atoms with van der Waals surface area (Å²) >= 11 is 0. The highest BCUT2D eigenvalue weighted by atomic mass is 16.6. The first-order chi connectivity index (χ1) is 29.1. The molecule has 0 saturated heterocycles. The number of hydrogen-bond donors (Lipinski definition) is 7. The van der Waals surface area contributed by atoms with Crippen molar-refractivity contribution in [3.63, 3.8) is 0 Å². The van der Waals surface area contributed by atoms with E-state index in [4.69, 9.17) is 21.7 Å². The van der Waals surface area contributed by atoms with Gasteiger partial charge in [0, 0.05) is 64.7 Å². The van der Waals surface area contributed by atoms with Gasteiger partial charge in [-0.25, -0.2) is 0 Å². The van der Waals surface area contributed by atoms with Crippen molar-refractivity contribution in [3.8, 4) is 33.4 Å². The highest BCUT2D eigenvalue weighted by molar-refractivity contribution is 6.02. The average molecular weight is 799 g/mol. The monoisotopic (exact) mass is 798 g/mol. The van der Waals surface area contributed by atoms with Crippen LogP contribution in [0.5, 0.6) is 0 Å². The minimum Gasteiger partial charge on any atom is -0.480 e. The predicted octanol–water partition coefficient (Wildman–Crippen LogP) is 9.32. The lowest BCUT2D eigenvalue weighted by molar-refractivity contribution is -0.383. The van der Waals surface area contributed by atoms with Gasteiger partial charge in [0.25, 0.3) is 5.69 Å². The Labute approximate surface area is 344 Å². The molecular formula is C48H42N6O6. The molecule has 6 aromatic carbocycles. The van der Waals surface area contributed by atoms with Crippen molar-refractivity contribution < 1.29 is 24.7 Å². The number of carboxylic acids is 2. The number of carbonyl (C=O) groups is 2. The van der Waals surface area contributed by atoms with E-state index in [1.165, 1.54) is 28.1 Å². The fourth-order valence-corrected chi connectivity index (χ4v) is 7.35. The van der Waals surface area contributed by atoms with Crippen molar-refractivity contribution in [2.24, 2.45) is 11.5 Å². The van der Waals surface area contributed by atoms with Crippen molar-refractivity contribution in [2.75, 3.05) is 0 Å². The lowest BCUT2D eigenvalue weighted by Gasteiger charge is -2.09. The van der Waals surface area contributed by atoms with Crippen LogP contribution in [0.1, 0.15) is 11.1 Å². The average Bonchev–Trinajstić information content (AvgIpc) is 4.04. The van der Waals surface area contributed by atoms with Gasteiger partial charge in [-0.05, 0) is 68.8 Å². The molecule has 0 saturated carbocycles. The van der Waals surface area contributed by atoms with E-state index in [1.807, 2.05) is 97.3 Å². The van der Waals surface area contributed by atoms with E-state index in [0.29, 0.717) is 22.9 Å². The number of H-pyrrole nitrogens is 3. The van der Waals surface area contributed by atoms with E-state index in [-0.39, 0.29) is 12.1 Å². The summed E-state index contributed by atoms with van der Waals surface area (Å²) in [5.41, 5.74) is 21.8. The number of aromatic nitrogens is 3. The van der Waals surface area contributed by atoms with Gasteiger partial charge in [-0.3, -0.25) is 19.7 Å². The van der Waals surface area contributed by atoms with Gasteiger partial charge in [0.15, 0.2) is 0 Å². The van der Waals surface area contributed by atoms with Crippen LogP contribution in [0.3, 0.4) is 0 Å². The zero-order chi connectivity index (χ0) is 42.2. The number of aliphatic carboxylic acids is 2. The summed E-state index contributed by atoms with van der Waals surface area (Å²) in [6.07, 6.45) is 5.80. The highest BCUT2D eigenvalue weighted by Gasteiger charge is 2.22. The Balaban J connectivity index is 0.000000139. The highest BCUT2D eigenvalue weighted by Crippen LogP contribution is 2.37. The van der Waals surface area contributed by atoms with Gasteiger partial charge in [0.2, 0.25) is 0 Å². The number of rotatable bonds is 10. The molecule has 0 spiro atoms. The molecule has 0 bridgehead atoms. The molecule has 12 nitrogen and oxygen atoms in total. The number of nitro benzene ring substituents is 1. The molecule has 0 amide bonds. The molecule has 0 radical (unpaired) electrons. The molecule has 0 fully saturated rings. The number of nitrogens with zero attached hydrogens (tertiary/aromatic N) is 1.